The van der Waals surface area contributed by atoms with Crippen LogP contribution < -0.4 is 10.5 Å². The van der Waals surface area contributed by atoms with Crippen molar-refractivity contribution in [2.24, 2.45) is 0 Å². The van der Waals surface area contributed by atoms with Crippen molar-refractivity contribution < 1.29 is 27.2 Å². The number of methoxy groups -OCH3 is 1. The first kappa shape index (κ1) is 24.7. The second kappa shape index (κ2) is 8.86. The van der Waals surface area contributed by atoms with Crippen LogP contribution in [-0.2, 0) is 16.4 Å². The Bertz CT molecular complexity index is 1810. The summed E-state index contributed by atoms with van der Waals surface area (Å²) in [7, 11) is -1.82. The molecule has 0 spiro atoms. The van der Waals surface area contributed by atoms with Crippen molar-refractivity contribution in [2.75, 3.05) is 13.4 Å². The number of aryl methyl sites for hydroxylation is 2. The van der Waals surface area contributed by atoms with Crippen LogP contribution in [-0.4, -0.2) is 41.6 Å². The van der Waals surface area contributed by atoms with Gasteiger partial charge in [-0.05, 0) is 50.6 Å². The summed E-state index contributed by atoms with van der Waals surface area (Å²) >= 11 is 0. The number of oxazole rings is 1. The lowest BCUT2D eigenvalue weighted by Gasteiger charge is -2.16. The molecule has 37 heavy (non-hydrogen) atoms. The molecule has 192 valence electrons. The molecule has 11 heteroatoms. The molecule has 3 heterocycles. The molecule has 0 aliphatic carbocycles. The molecule has 10 nitrogen and oxygen atoms in total. The maximum absolute atomic E-state index is 13.1. The second-order valence-corrected chi connectivity index (χ2v) is 10.9. The smallest absolute Gasteiger partial charge is 0.420 e. The van der Waals surface area contributed by atoms with E-state index in [0.29, 0.717) is 44.8 Å². The van der Waals surface area contributed by atoms with Gasteiger partial charge in [-0.25, -0.2) is 18.2 Å². The van der Waals surface area contributed by atoms with Gasteiger partial charge in [-0.15, -0.1) is 0 Å². The van der Waals surface area contributed by atoms with E-state index in [1.165, 1.54) is 16.7 Å². The van der Waals surface area contributed by atoms with Gasteiger partial charge in [0.1, 0.15) is 22.7 Å². The summed E-state index contributed by atoms with van der Waals surface area (Å²) in [5.41, 5.74) is 4.22. The average Bonchev–Trinajstić information content (AvgIpc) is 3.39. The highest BCUT2D eigenvalue weighted by molar-refractivity contribution is 7.90. The normalized spacial score (nSPS) is 12.9. The van der Waals surface area contributed by atoms with E-state index in [2.05, 4.69) is 10.1 Å². The first-order valence-corrected chi connectivity index (χ1v) is 13.3. The fourth-order valence-corrected chi connectivity index (χ4v) is 5.34. The van der Waals surface area contributed by atoms with Crippen molar-refractivity contribution in [2.45, 2.75) is 38.3 Å². The van der Waals surface area contributed by atoms with Gasteiger partial charge < -0.3 is 18.8 Å². The minimum absolute atomic E-state index is 0.173. The molecule has 0 aliphatic heterocycles. The molecular formula is C26H25N3O7S. The van der Waals surface area contributed by atoms with Crippen molar-refractivity contribution in [1.29, 1.82) is 0 Å². The lowest BCUT2D eigenvalue weighted by Crippen LogP contribution is -2.19. The Hall–Kier alpha value is -3.96. The fourth-order valence-electron chi connectivity index (χ4n) is 4.71. The minimum atomic E-state index is -3.36. The van der Waals surface area contributed by atoms with Gasteiger partial charge in [-0.1, -0.05) is 17.3 Å². The van der Waals surface area contributed by atoms with Crippen LogP contribution in [0.3, 0.4) is 0 Å². The lowest BCUT2D eigenvalue weighted by atomic mass is 10.00. The Morgan fingerprint density at radius 2 is 1.86 bits per heavy atom. The quantitative estimate of drug-likeness (QED) is 0.351. The molecule has 2 aromatic carbocycles. The van der Waals surface area contributed by atoms with Crippen LogP contribution in [0.4, 0.5) is 0 Å². The average molecular weight is 524 g/mol. The largest absolute Gasteiger partial charge is 0.496 e. The summed E-state index contributed by atoms with van der Waals surface area (Å²) in [6.07, 6.45) is 1.14. The third-order valence-corrected chi connectivity index (χ3v) is 7.69. The summed E-state index contributed by atoms with van der Waals surface area (Å²) in [4.78, 5) is 17.9. The Morgan fingerprint density at radius 3 is 2.43 bits per heavy atom. The van der Waals surface area contributed by atoms with Crippen LogP contribution in [0.1, 0.15) is 35.7 Å². The molecular weight excluding hydrogens is 498 g/mol. The summed E-state index contributed by atoms with van der Waals surface area (Å²) in [6, 6.07) is 9.41. The Labute approximate surface area is 212 Å². The number of benzene rings is 2. The van der Waals surface area contributed by atoms with Gasteiger partial charge >= 0.3 is 5.76 Å². The number of rotatable bonds is 6. The maximum Gasteiger partial charge on any atom is 0.420 e. The zero-order valence-electron chi connectivity index (χ0n) is 20.9. The lowest BCUT2D eigenvalue weighted by molar-refractivity contribution is 0.277. The van der Waals surface area contributed by atoms with Crippen LogP contribution in [0.5, 0.6) is 5.75 Å². The highest BCUT2D eigenvalue weighted by Gasteiger charge is 2.25. The molecule has 0 fully saturated rings. The van der Waals surface area contributed by atoms with Crippen LogP contribution in [0.2, 0.25) is 0 Å². The number of aliphatic hydroxyl groups is 1. The molecule has 0 bridgehead atoms. The fraction of sp³-hybridized carbons (Fsp3) is 0.269. The number of aromatic nitrogens is 3. The zero-order valence-corrected chi connectivity index (χ0v) is 21.7. The van der Waals surface area contributed by atoms with E-state index in [-0.39, 0.29) is 16.2 Å². The molecule has 5 rings (SSSR count). The van der Waals surface area contributed by atoms with Crippen molar-refractivity contribution in [3.63, 3.8) is 0 Å². The number of hydrogen-bond donors (Lipinski definition) is 1. The Kier molecular flexibility index (Phi) is 5.92. The molecule has 0 radical (unpaired) electrons. The van der Waals surface area contributed by atoms with E-state index in [0.717, 1.165) is 11.8 Å². The summed E-state index contributed by atoms with van der Waals surface area (Å²) in [6.45, 7) is 5.00. The van der Waals surface area contributed by atoms with E-state index in [9.17, 15) is 18.3 Å². The third-order valence-electron chi connectivity index (χ3n) is 6.56. The second-order valence-electron chi connectivity index (χ2n) is 8.92. The van der Waals surface area contributed by atoms with Gasteiger partial charge in [-0.3, -0.25) is 4.57 Å². The van der Waals surface area contributed by atoms with Crippen LogP contribution in [0.15, 0.2) is 55.0 Å². The van der Waals surface area contributed by atoms with Gasteiger partial charge in [0, 0.05) is 17.2 Å². The first-order valence-electron chi connectivity index (χ1n) is 11.4. The molecule has 3 aromatic heterocycles. The molecule has 0 unspecified atom stereocenters. The van der Waals surface area contributed by atoms with Crippen LogP contribution >= 0.6 is 0 Å². The number of aliphatic hydroxyl groups excluding tert-OH is 1. The number of pyridine rings is 1. The molecule has 0 saturated heterocycles. The summed E-state index contributed by atoms with van der Waals surface area (Å²) in [5, 5.41) is 14.7. The topological polar surface area (TPSA) is 138 Å². The molecule has 1 N–H and O–H groups in total. The van der Waals surface area contributed by atoms with E-state index >= 15 is 0 Å². The number of hydrogen-bond acceptors (Lipinski definition) is 9. The predicted molar refractivity (Wildman–Crippen MR) is 137 cm³/mol. The molecule has 0 saturated carbocycles. The van der Waals surface area contributed by atoms with Crippen molar-refractivity contribution in [3.05, 3.63) is 69.7 Å². The molecule has 0 amide bonds. The standard InChI is InChI=1S/C26H25N3O7S/c1-13-23(15(3)36-28-13)19-10-20-18(11-22(19)34-4)24-25(21(12-30)27-20)35-26(31)29(24)14(2)16-6-8-17(9-7-16)37(5,32)33/h6-11,14,30H,12H2,1-5H3/t14-/m1/s1. The molecule has 1 atom stereocenters. The predicted octanol–water partition coefficient (Wildman–Crippen LogP) is 3.93. The molecule has 0 aliphatic rings. The van der Waals surface area contributed by atoms with E-state index in [1.807, 2.05) is 19.9 Å². The summed E-state index contributed by atoms with van der Waals surface area (Å²) in [5.74, 6) is 0.504. The Balaban J connectivity index is 1.80. The van der Waals surface area contributed by atoms with Gasteiger partial charge in [0.25, 0.3) is 0 Å². The summed E-state index contributed by atoms with van der Waals surface area (Å²) < 4.78 is 41.9. The number of sulfone groups is 1. The van der Waals surface area contributed by atoms with Gasteiger partial charge in [-0.2, -0.15) is 0 Å². The Morgan fingerprint density at radius 1 is 1.16 bits per heavy atom. The van der Waals surface area contributed by atoms with E-state index in [1.54, 1.807) is 32.2 Å². The monoisotopic (exact) mass is 523 g/mol. The SMILES string of the molecule is COc1cc2c(cc1-c1c(C)noc1C)nc(CO)c1oc(=O)n([C@H](C)c3ccc(S(C)(=O)=O)cc3)c12. The van der Waals surface area contributed by atoms with Crippen molar-refractivity contribution in [3.8, 4) is 16.9 Å². The maximum atomic E-state index is 13.1. The highest BCUT2D eigenvalue weighted by atomic mass is 32.2. The number of nitrogens with zero attached hydrogens (tertiary/aromatic N) is 3. The van der Waals surface area contributed by atoms with E-state index in [4.69, 9.17) is 13.7 Å². The number of ether oxygens (including phenoxy) is 1. The number of fused-ring (bicyclic) bond motifs is 3. The third kappa shape index (κ3) is 4.00. The van der Waals surface area contributed by atoms with Crippen molar-refractivity contribution >= 4 is 31.8 Å². The van der Waals surface area contributed by atoms with Gasteiger partial charge in [0.15, 0.2) is 15.4 Å². The van der Waals surface area contributed by atoms with Crippen LogP contribution in [0.25, 0.3) is 33.1 Å². The highest BCUT2D eigenvalue weighted by Crippen LogP contribution is 2.40. The van der Waals surface area contributed by atoms with Crippen molar-refractivity contribution in [1.82, 2.24) is 14.7 Å². The van der Waals surface area contributed by atoms with Gasteiger partial charge in [0.2, 0.25) is 0 Å². The van der Waals surface area contributed by atoms with Gasteiger partial charge in [0.05, 0.1) is 41.4 Å². The molecule has 5 aromatic rings. The van der Waals surface area contributed by atoms with E-state index < -0.39 is 28.2 Å². The minimum Gasteiger partial charge on any atom is -0.496 e. The van der Waals surface area contributed by atoms with Crippen LogP contribution in [0, 0.1) is 13.8 Å². The first-order chi connectivity index (χ1) is 17.5. The zero-order chi connectivity index (χ0) is 26.6.